The number of amides is 1. The van der Waals surface area contributed by atoms with E-state index in [0.717, 1.165) is 16.9 Å². The van der Waals surface area contributed by atoms with E-state index < -0.39 is 5.97 Å². The van der Waals surface area contributed by atoms with E-state index in [4.69, 9.17) is 9.84 Å². The fourth-order valence-electron chi connectivity index (χ4n) is 3.04. The first-order valence-electron chi connectivity index (χ1n) is 8.46. The second-order valence-corrected chi connectivity index (χ2v) is 7.41. The first kappa shape index (κ1) is 18.5. The molecule has 1 aliphatic heterocycles. The maximum Gasteiger partial charge on any atom is 0.345 e. The number of carboxylic acid groups (broad SMARTS) is 1. The molecule has 0 aliphatic carbocycles. The molecule has 0 spiro atoms. The minimum atomic E-state index is -0.936. The summed E-state index contributed by atoms with van der Waals surface area (Å²) in [6, 6.07) is 9.67. The van der Waals surface area contributed by atoms with E-state index in [0.29, 0.717) is 37.5 Å². The van der Waals surface area contributed by atoms with Crippen molar-refractivity contribution in [2.45, 2.75) is 31.9 Å². The van der Waals surface area contributed by atoms with Gasteiger partial charge in [0.15, 0.2) is 0 Å². The lowest BCUT2D eigenvalue weighted by molar-refractivity contribution is -0.129. The molecule has 1 saturated heterocycles. The molecule has 2 aromatic rings. The van der Waals surface area contributed by atoms with Crippen molar-refractivity contribution in [2.75, 3.05) is 13.2 Å². The standard InChI is InChI=1S/C19H20FNO4S/c20-14-3-1-13(2-4-14)9-10-21-15(5-8-18(21)22)11-25-12-16-6-7-17(26-16)19(23)24/h1-4,6-7,15H,5,8-12H2,(H,23,24). The smallest absolute Gasteiger partial charge is 0.345 e. The monoisotopic (exact) mass is 377 g/mol. The molecule has 1 fully saturated rings. The lowest BCUT2D eigenvalue weighted by Crippen LogP contribution is -2.37. The lowest BCUT2D eigenvalue weighted by atomic mass is 10.1. The van der Waals surface area contributed by atoms with Crippen molar-refractivity contribution in [3.8, 4) is 0 Å². The number of aromatic carboxylic acids is 1. The maximum absolute atomic E-state index is 13.0. The molecular formula is C19H20FNO4S. The van der Waals surface area contributed by atoms with Gasteiger partial charge in [-0.2, -0.15) is 0 Å². The van der Waals surface area contributed by atoms with Crippen LogP contribution in [0.1, 0.15) is 33.0 Å². The van der Waals surface area contributed by atoms with Gasteiger partial charge in [-0.3, -0.25) is 4.79 Å². The Hall–Kier alpha value is -2.25. The first-order valence-corrected chi connectivity index (χ1v) is 9.28. The van der Waals surface area contributed by atoms with Gasteiger partial charge >= 0.3 is 5.97 Å². The van der Waals surface area contributed by atoms with Crippen molar-refractivity contribution >= 4 is 23.2 Å². The van der Waals surface area contributed by atoms with Crippen molar-refractivity contribution in [2.24, 2.45) is 0 Å². The van der Waals surface area contributed by atoms with Crippen LogP contribution < -0.4 is 0 Å². The van der Waals surface area contributed by atoms with Crippen LogP contribution in [0.2, 0.25) is 0 Å². The van der Waals surface area contributed by atoms with Crippen LogP contribution in [0.25, 0.3) is 0 Å². The first-order chi connectivity index (χ1) is 12.5. The summed E-state index contributed by atoms with van der Waals surface area (Å²) in [4.78, 5) is 26.0. The topological polar surface area (TPSA) is 66.8 Å². The Bertz CT molecular complexity index is 774. The Morgan fingerprint density at radius 1 is 1.27 bits per heavy atom. The average Bonchev–Trinajstić information content (AvgIpc) is 3.22. The average molecular weight is 377 g/mol. The summed E-state index contributed by atoms with van der Waals surface area (Å²) >= 11 is 1.20. The van der Waals surface area contributed by atoms with Crippen molar-refractivity contribution in [3.05, 3.63) is 57.5 Å². The number of carboxylic acids is 1. The molecule has 3 rings (SSSR count). The van der Waals surface area contributed by atoms with Crippen LogP contribution in [0.4, 0.5) is 4.39 Å². The van der Waals surface area contributed by atoms with Crippen LogP contribution in [-0.2, 0) is 22.6 Å². The summed E-state index contributed by atoms with van der Waals surface area (Å²) < 4.78 is 18.7. The zero-order chi connectivity index (χ0) is 18.5. The van der Waals surface area contributed by atoms with Gasteiger partial charge in [-0.25, -0.2) is 9.18 Å². The van der Waals surface area contributed by atoms with E-state index in [1.807, 2.05) is 4.90 Å². The molecule has 1 aliphatic rings. The van der Waals surface area contributed by atoms with Crippen molar-refractivity contribution < 1.29 is 23.8 Å². The molecule has 2 heterocycles. The third-order valence-corrected chi connectivity index (χ3v) is 5.48. The van der Waals surface area contributed by atoms with Crippen molar-refractivity contribution in [1.82, 2.24) is 4.90 Å². The van der Waals surface area contributed by atoms with E-state index in [1.165, 1.54) is 23.5 Å². The lowest BCUT2D eigenvalue weighted by Gasteiger charge is -2.24. The van der Waals surface area contributed by atoms with Crippen LogP contribution in [0, 0.1) is 5.82 Å². The van der Waals surface area contributed by atoms with E-state index in [9.17, 15) is 14.0 Å². The highest BCUT2D eigenvalue weighted by Crippen LogP contribution is 2.22. The van der Waals surface area contributed by atoms with E-state index in [-0.39, 0.29) is 17.8 Å². The number of thiophene rings is 1. The molecule has 138 valence electrons. The maximum atomic E-state index is 13.0. The highest BCUT2D eigenvalue weighted by Gasteiger charge is 2.30. The molecule has 1 aromatic heterocycles. The fraction of sp³-hybridized carbons (Fsp3) is 0.368. The largest absolute Gasteiger partial charge is 0.477 e. The molecule has 0 bridgehead atoms. The van der Waals surface area contributed by atoms with Gasteiger partial charge in [0.05, 0.1) is 19.3 Å². The number of likely N-dealkylation sites (tertiary alicyclic amines) is 1. The molecule has 5 nitrogen and oxygen atoms in total. The molecule has 26 heavy (non-hydrogen) atoms. The third kappa shape index (κ3) is 4.68. The molecule has 1 N–H and O–H groups in total. The Labute approximate surface area is 155 Å². The molecule has 1 aromatic carbocycles. The van der Waals surface area contributed by atoms with Gasteiger partial charge in [0.1, 0.15) is 10.7 Å². The normalized spacial score (nSPS) is 17.0. The third-order valence-electron chi connectivity index (χ3n) is 4.43. The Balaban J connectivity index is 1.49. The summed E-state index contributed by atoms with van der Waals surface area (Å²) in [5.74, 6) is -1.09. The van der Waals surface area contributed by atoms with E-state index >= 15 is 0 Å². The number of rotatable bonds is 8. The van der Waals surface area contributed by atoms with Crippen LogP contribution >= 0.6 is 11.3 Å². The summed E-state index contributed by atoms with van der Waals surface area (Å²) in [5.41, 5.74) is 0.991. The SMILES string of the molecule is O=C(O)c1ccc(COCC2CCC(=O)N2CCc2ccc(F)cc2)s1. The van der Waals surface area contributed by atoms with Gasteiger partial charge in [0, 0.05) is 17.8 Å². The van der Waals surface area contributed by atoms with Crippen LogP contribution in [0.3, 0.4) is 0 Å². The van der Waals surface area contributed by atoms with E-state index in [2.05, 4.69) is 0 Å². The highest BCUT2D eigenvalue weighted by atomic mass is 32.1. The van der Waals surface area contributed by atoms with Crippen LogP contribution in [0.15, 0.2) is 36.4 Å². The van der Waals surface area contributed by atoms with Crippen LogP contribution in [-0.4, -0.2) is 41.1 Å². The number of nitrogens with zero attached hydrogens (tertiary/aromatic N) is 1. The van der Waals surface area contributed by atoms with Crippen molar-refractivity contribution in [1.29, 1.82) is 0 Å². The predicted octanol–water partition coefficient (Wildman–Crippen LogP) is 3.34. The molecule has 1 amide bonds. The molecular weight excluding hydrogens is 357 g/mol. The Morgan fingerprint density at radius 3 is 2.73 bits per heavy atom. The second-order valence-electron chi connectivity index (χ2n) is 6.24. The summed E-state index contributed by atoms with van der Waals surface area (Å²) in [6.07, 6.45) is 1.95. The zero-order valence-electron chi connectivity index (χ0n) is 14.2. The van der Waals surface area contributed by atoms with Crippen molar-refractivity contribution in [3.63, 3.8) is 0 Å². The Kier molecular flexibility index (Phi) is 6.00. The zero-order valence-corrected chi connectivity index (χ0v) is 15.0. The molecule has 0 saturated carbocycles. The minimum absolute atomic E-state index is 0.0295. The summed E-state index contributed by atoms with van der Waals surface area (Å²) in [5, 5.41) is 8.93. The van der Waals surface area contributed by atoms with Gasteiger partial charge in [-0.15, -0.1) is 11.3 Å². The van der Waals surface area contributed by atoms with Gasteiger partial charge in [0.25, 0.3) is 0 Å². The number of carbonyl (C=O) groups excluding carboxylic acids is 1. The fourth-order valence-corrected chi connectivity index (χ4v) is 3.82. The van der Waals surface area contributed by atoms with Crippen LogP contribution in [0.5, 0.6) is 0 Å². The van der Waals surface area contributed by atoms with Gasteiger partial charge in [0.2, 0.25) is 5.91 Å². The summed E-state index contributed by atoms with van der Waals surface area (Å²) in [7, 11) is 0. The second kappa shape index (κ2) is 8.42. The highest BCUT2D eigenvalue weighted by molar-refractivity contribution is 7.13. The number of halogens is 1. The van der Waals surface area contributed by atoms with Gasteiger partial charge in [-0.05, 0) is 42.7 Å². The van der Waals surface area contributed by atoms with E-state index in [1.54, 1.807) is 24.3 Å². The molecule has 7 heteroatoms. The quantitative estimate of drug-likeness (QED) is 0.766. The van der Waals surface area contributed by atoms with Gasteiger partial charge in [-0.1, -0.05) is 12.1 Å². The number of benzene rings is 1. The Morgan fingerprint density at radius 2 is 2.04 bits per heavy atom. The molecule has 1 unspecified atom stereocenters. The number of carbonyl (C=O) groups is 2. The summed E-state index contributed by atoms with van der Waals surface area (Å²) in [6.45, 7) is 1.35. The molecule has 0 radical (unpaired) electrons. The number of hydrogen-bond acceptors (Lipinski definition) is 4. The molecule has 1 atom stereocenters. The predicted molar refractivity (Wildman–Crippen MR) is 95.8 cm³/mol. The number of ether oxygens (including phenoxy) is 1. The minimum Gasteiger partial charge on any atom is -0.477 e. The number of hydrogen-bond donors (Lipinski definition) is 1. The van der Waals surface area contributed by atoms with Gasteiger partial charge < -0.3 is 14.7 Å².